The molecule has 0 N–H and O–H groups in total. The van der Waals surface area contributed by atoms with Gasteiger partial charge in [-0.05, 0) is 42.5 Å². The molecule has 23 heavy (non-hydrogen) atoms. The van der Waals surface area contributed by atoms with Crippen molar-refractivity contribution in [1.82, 2.24) is 4.57 Å². The van der Waals surface area contributed by atoms with Gasteiger partial charge >= 0.3 is 0 Å². The van der Waals surface area contributed by atoms with Gasteiger partial charge in [0.2, 0.25) is 0 Å². The first-order chi connectivity index (χ1) is 11.1. The van der Waals surface area contributed by atoms with Gasteiger partial charge in [-0.25, -0.2) is 4.39 Å². The summed E-state index contributed by atoms with van der Waals surface area (Å²) < 4.78 is 21.1. The van der Waals surface area contributed by atoms with Gasteiger partial charge in [0.15, 0.2) is 17.3 Å². The third-order valence-electron chi connectivity index (χ3n) is 3.51. The lowest BCUT2D eigenvalue weighted by Crippen LogP contribution is -2.09. The summed E-state index contributed by atoms with van der Waals surface area (Å²) in [5.74, 6) is -1.11. The largest absolute Gasteiger partial charge is 0.494 e. The van der Waals surface area contributed by atoms with Gasteiger partial charge in [-0.1, -0.05) is 17.7 Å². The van der Waals surface area contributed by atoms with Crippen LogP contribution in [0.4, 0.5) is 4.39 Å². The molecule has 0 aliphatic carbocycles. The van der Waals surface area contributed by atoms with Crippen LogP contribution in [-0.4, -0.2) is 17.5 Å². The van der Waals surface area contributed by atoms with E-state index in [1.54, 1.807) is 22.8 Å². The minimum atomic E-state index is -0.682. The molecule has 0 saturated heterocycles. The van der Waals surface area contributed by atoms with Crippen LogP contribution in [0.15, 0.2) is 60.9 Å². The van der Waals surface area contributed by atoms with Crippen LogP contribution in [0.2, 0.25) is 5.02 Å². The molecule has 0 saturated carbocycles. The minimum absolute atomic E-state index is 0.0281. The Hall–Kier alpha value is -2.59. The predicted octanol–water partition coefficient (Wildman–Crippen LogP) is 4.51. The normalized spacial score (nSPS) is 10.6. The third-order valence-corrected chi connectivity index (χ3v) is 3.75. The molecule has 0 bridgehead atoms. The zero-order chi connectivity index (χ0) is 16.4. The van der Waals surface area contributed by atoms with E-state index in [0.717, 1.165) is 0 Å². The summed E-state index contributed by atoms with van der Waals surface area (Å²) in [6, 6.07) is 13.1. The van der Waals surface area contributed by atoms with Crippen molar-refractivity contribution in [3.05, 3.63) is 82.9 Å². The molecule has 0 spiro atoms. The van der Waals surface area contributed by atoms with E-state index in [1.165, 1.54) is 25.3 Å². The smallest absolute Gasteiger partial charge is 0.198 e. The highest BCUT2D eigenvalue weighted by Crippen LogP contribution is 2.27. The van der Waals surface area contributed by atoms with Gasteiger partial charge in [0.1, 0.15) is 0 Å². The first kappa shape index (κ1) is 15.3. The number of halogens is 2. The Morgan fingerprint density at radius 3 is 2.52 bits per heavy atom. The van der Waals surface area contributed by atoms with E-state index >= 15 is 0 Å². The molecular weight excluding hydrogens is 317 g/mol. The number of carbonyl (C=O) groups is 1. The maximum atomic E-state index is 14.4. The highest BCUT2D eigenvalue weighted by molar-refractivity contribution is 6.31. The number of ether oxygens (including phenoxy) is 1. The van der Waals surface area contributed by atoms with E-state index in [9.17, 15) is 9.18 Å². The molecule has 3 aromatic rings. The first-order valence-corrected chi connectivity index (χ1v) is 7.29. The molecule has 0 unspecified atom stereocenters. The SMILES string of the molecule is COc1cccc(C(=O)c2cc(Cl)ccc2-n2cccc2)c1F. The standard InChI is InChI=1S/C18H13ClFNO2/c1-23-16-6-4-5-13(17(16)20)18(22)14-11-12(19)7-8-15(14)21-9-2-3-10-21/h2-11H,1H3. The summed E-state index contributed by atoms with van der Waals surface area (Å²) in [5.41, 5.74) is 0.896. The van der Waals surface area contributed by atoms with Gasteiger partial charge in [-0.15, -0.1) is 0 Å². The number of hydrogen-bond donors (Lipinski definition) is 0. The number of nitrogens with zero attached hydrogens (tertiary/aromatic N) is 1. The summed E-state index contributed by atoms with van der Waals surface area (Å²) >= 11 is 6.03. The zero-order valence-electron chi connectivity index (χ0n) is 12.3. The van der Waals surface area contributed by atoms with Crippen molar-refractivity contribution in [2.75, 3.05) is 7.11 Å². The number of benzene rings is 2. The van der Waals surface area contributed by atoms with Crippen LogP contribution < -0.4 is 4.74 Å². The topological polar surface area (TPSA) is 31.2 Å². The molecule has 1 aromatic heterocycles. The highest BCUT2D eigenvalue weighted by Gasteiger charge is 2.20. The fourth-order valence-electron chi connectivity index (χ4n) is 2.40. The van der Waals surface area contributed by atoms with Crippen molar-refractivity contribution in [3.8, 4) is 11.4 Å². The van der Waals surface area contributed by atoms with Crippen LogP contribution in [0.3, 0.4) is 0 Å². The van der Waals surface area contributed by atoms with Crippen LogP contribution in [0, 0.1) is 5.82 Å². The van der Waals surface area contributed by atoms with E-state index in [4.69, 9.17) is 16.3 Å². The molecule has 0 fully saturated rings. The molecular formula is C18H13ClFNO2. The monoisotopic (exact) mass is 329 g/mol. The Labute approximate surface area is 137 Å². The van der Waals surface area contributed by atoms with Gasteiger partial charge in [-0.2, -0.15) is 0 Å². The van der Waals surface area contributed by atoms with E-state index in [1.807, 2.05) is 24.5 Å². The molecule has 0 atom stereocenters. The molecule has 2 aromatic carbocycles. The Morgan fingerprint density at radius 2 is 1.83 bits per heavy atom. The average molecular weight is 330 g/mol. The lowest BCUT2D eigenvalue weighted by molar-refractivity contribution is 0.103. The Kier molecular flexibility index (Phi) is 4.17. The van der Waals surface area contributed by atoms with Crippen molar-refractivity contribution in [3.63, 3.8) is 0 Å². The lowest BCUT2D eigenvalue weighted by Gasteiger charge is -2.12. The van der Waals surface area contributed by atoms with Crippen LogP contribution >= 0.6 is 11.6 Å². The van der Waals surface area contributed by atoms with Gasteiger partial charge in [0.05, 0.1) is 18.4 Å². The second-order valence-electron chi connectivity index (χ2n) is 4.90. The third kappa shape index (κ3) is 2.85. The van der Waals surface area contributed by atoms with Gasteiger partial charge in [-0.3, -0.25) is 4.79 Å². The molecule has 0 aliphatic heterocycles. The van der Waals surface area contributed by atoms with E-state index in [0.29, 0.717) is 16.3 Å². The summed E-state index contributed by atoms with van der Waals surface area (Å²) in [7, 11) is 1.36. The number of ketones is 1. The van der Waals surface area contributed by atoms with Crippen molar-refractivity contribution >= 4 is 17.4 Å². The quantitative estimate of drug-likeness (QED) is 0.659. The Morgan fingerprint density at radius 1 is 1.09 bits per heavy atom. The summed E-state index contributed by atoms with van der Waals surface area (Å²) in [6.45, 7) is 0. The van der Waals surface area contributed by atoms with Gasteiger partial charge < -0.3 is 9.30 Å². The molecule has 0 radical (unpaired) electrons. The average Bonchev–Trinajstić information content (AvgIpc) is 3.08. The molecule has 116 valence electrons. The van der Waals surface area contributed by atoms with Gasteiger partial charge in [0.25, 0.3) is 0 Å². The van der Waals surface area contributed by atoms with E-state index < -0.39 is 11.6 Å². The maximum Gasteiger partial charge on any atom is 0.198 e. The molecule has 3 nitrogen and oxygen atoms in total. The van der Waals surface area contributed by atoms with Crippen LogP contribution in [-0.2, 0) is 0 Å². The Bertz CT molecular complexity index is 859. The first-order valence-electron chi connectivity index (χ1n) is 6.92. The van der Waals surface area contributed by atoms with Crippen LogP contribution in [0.5, 0.6) is 5.75 Å². The molecule has 0 amide bonds. The fraction of sp³-hybridized carbons (Fsp3) is 0.0556. The van der Waals surface area contributed by atoms with Crippen LogP contribution in [0.1, 0.15) is 15.9 Å². The van der Waals surface area contributed by atoms with Crippen molar-refractivity contribution in [2.24, 2.45) is 0 Å². The molecule has 3 rings (SSSR count). The summed E-state index contributed by atoms with van der Waals surface area (Å²) in [4.78, 5) is 12.8. The number of aromatic nitrogens is 1. The number of hydrogen-bond acceptors (Lipinski definition) is 2. The minimum Gasteiger partial charge on any atom is -0.494 e. The number of carbonyl (C=O) groups excluding carboxylic acids is 1. The van der Waals surface area contributed by atoms with Crippen molar-refractivity contribution < 1.29 is 13.9 Å². The van der Waals surface area contributed by atoms with Crippen molar-refractivity contribution in [2.45, 2.75) is 0 Å². The maximum absolute atomic E-state index is 14.4. The predicted molar refractivity (Wildman–Crippen MR) is 87.2 cm³/mol. The summed E-state index contributed by atoms with van der Waals surface area (Å²) in [5, 5.41) is 0.410. The fourth-order valence-corrected chi connectivity index (χ4v) is 2.57. The molecule has 0 aliphatic rings. The van der Waals surface area contributed by atoms with Crippen LogP contribution in [0.25, 0.3) is 5.69 Å². The Balaban J connectivity index is 2.15. The van der Waals surface area contributed by atoms with E-state index in [-0.39, 0.29) is 11.3 Å². The molecule has 5 heteroatoms. The second-order valence-corrected chi connectivity index (χ2v) is 5.34. The van der Waals surface area contributed by atoms with Gasteiger partial charge in [0, 0.05) is 23.0 Å². The lowest BCUT2D eigenvalue weighted by atomic mass is 10.0. The second kappa shape index (κ2) is 6.26. The van der Waals surface area contributed by atoms with Crippen molar-refractivity contribution in [1.29, 1.82) is 0 Å². The number of methoxy groups -OCH3 is 1. The molecule has 1 heterocycles. The number of rotatable bonds is 4. The highest BCUT2D eigenvalue weighted by atomic mass is 35.5. The summed E-state index contributed by atoms with van der Waals surface area (Å²) in [6.07, 6.45) is 3.61. The zero-order valence-corrected chi connectivity index (χ0v) is 13.0. The van der Waals surface area contributed by atoms with E-state index in [2.05, 4.69) is 0 Å².